The van der Waals surface area contributed by atoms with Crippen LogP contribution in [0.15, 0.2) is 10.2 Å². The van der Waals surface area contributed by atoms with Gasteiger partial charge in [-0.15, -0.1) is 0 Å². The quantitative estimate of drug-likeness (QED) is 0.348. The van der Waals surface area contributed by atoms with Crippen LogP contribution in [0.2, 0.25) is 0 Å². The van der Waals surface area contributed by atoms with E-state index in [1.165, 1.54) is 13.8 Å². The number of carbonyl (C=O) groups is 2. The number of aliphatic hydroxyl groups excluding tert-OH is 2. The van der Waals surface area contributed by atoms with Gasteiger partial charge in [0.15, 0.2) is 11.1 Å². The minimum Gasteiger partial charge on any atom is -0.395 e. The summed E-state index contributed by atoms with van der Waals surface area (Å²) < 4.78 is 0. The number of amides is 2. The Bertz CT molecular complexity index is 532. The maximum absolute atomic E-state index is 11.6. The highest BCUT2D eigenvalue weighted by molar-refractivity contribution is 5.76. The first-order chi connectivity index (χ1) is 12.2. The van der Waals surface area contributed by atoms with Crippen LogP contribution >= 0.6 is 0 Å². The first kappa shape index (κ1) is 23.4. The average Bonchev–Trinajstić information content (AvgIpc) is 2.65. The second-order valence-electron chi connectivity index (χ2n) is 6.12. The first-order valence-corrected chi connectivity index (χ1v) is 8.26. The van der Waals surface area contributed by atoms with E-state index in [0.717, 1.165) is 0 Å². The number of rotatable bonds is 12. The summed E-state index contributed by atoms with van der Waals surface area (Å²) in [6.07, 6.45) is 0.247. The lowest BCUT2D eigenvalue weighted by Crippen LogP contribution is -2.31. The molecule has 0 bridgehead atoms. The van der Waals surface area contributed by atoms with E-state index >= 15 is 0 Å². The molecule has 2 atom stereocenters. The van der Waals surface area contributed by atoms with Crippen molar-refractivity contribution < 1.29 is 19.8 Å². The lowest BCUT2D eigenvalue weighted by molar-refractivity contribution is -0.122. The van der Waals surface area contributed by atoms with Gasteiger partial charge in [-0.05, 0) is 26.7 Å². The Hall–Kier alpha value is -2.56. The van der Waals surface area contributed by atoms with E-state index in [1.54, 1.807) is 0 Å². The molecule has 0 aliphatic heterocycles. The van der Waals surface area contributed by atoms with E-state index < -0.39 is 11.1 Å². The number of aliphatic hydroxyl groups is 2. The van der Waals surface area contributed by atoms with Gasteiger partial charge in [-0.25, -0.2) is 0 Å². The third-order valence-electron chi connectivity index (χ3n) is 3.52. The maximum Gasteiger partial charge on any atom is 0.220 e. The Morgan fingerprint density at radius 2 is 1.23 bits per heavy atom. The van der Waals surface area contributed by atoms with Crippen LogP contribution in [0.1, 0.15) is 39.5 Å². The normalized spacial score (nSPS) is 15.3. The van der Waals surface area contributed by atoms with E-state index in [1.807, 2.05) is 12.1 Å². The predicted molar refractivity (Wildman–Crippen MR) is 91.6 cm³/mol. The number of hydrogen-bond donors (Lipinski definition) is 4. The minimum absolute atomic E-state index is 0.0237. The summed E-state index contributed by atoms with van der Waals surface area (Å²) in [7, 11) is 0. The zero-order valence-corrected chi connectivity index (χ0v) is 15.2. The standard InChI is InChI=1S/C16H26N6O4/c1-15(11-17,5-3-13(25)19-7-9-23)21-22-16(2,12-18)6-4-14(26)20-8-10-24/h23-24H,3-10H2,1-2H3,(H,19,25)(H,20,26). The molecule has 0 spiro atoms. The van der Waals surface area contributed by atoms with Crippen molar-refractivity contribution in [1.29, 1.82) is 10.5 Å². The van der Waals surface area contributed by atoms with Gasteiger partial charge in [-0.3, -0.25) is 9.59 Å². The molecule has 2 amide bonds. The fourth-order valence-corrected chi connectivity index (χ4v) is 1.76. The lowest BCUT2D eigenvalue weighted by atomic mass is 9.97. The molecule has 0 rings (SSSR count). The number of azo groups is 1. The highest BCUT2D eigenvalue weighted by Crippen LogP contribution is 2.23. The van der Waals surface area contributed by atoms with Crippen molar-refractivity contribution in [3.05, 3.63) is 0 Å². The van der Waals surface area contributed by atoms with E-state index in [9.17, 15) is 20.1 Å². The van der Waals surface area contributed by atoms with Gasteiger partial charge in [0, 0.05) is 25.9 Å². The summed E-state index contributed by atoms with van der Waals surface area (Å²) >= 11 is 0. The maximum atomic E-state index is 11.6. The molecule has 26 heavy (non-hydrogen) atoms. The Morgan fingerprint density at radius 3 is 1.50 bits per heavy atom. The third-order valence-corrected chi connectivity index (χ3v) is 3.52. The molecule has 0 aliphatic carbocycles. The molecule has 0 aromatic rings. The van der Waals surface area contributed by atoms with Crippen molar-refractivity contribution in [3.63, 3.8) is 0 Å². The largest absolute Gasteiger partial charge is 0.395 e. The summed E-state index contributed by atoms with van der Waals surface area (Å²) in [5.41, 5.74) is -2.57. The molecule has 0 heterocycles. The molecule has 2 unspecified atom stereocenters. The van der Waals surface area contributed by atoms with Crippen molar-refractivity contribution in [2.75, 3.05) is 26.3 Å². The van der Waals surface area contributed by atoms with Crippen molar-refractivity contribution >= 4 is 11.8 Å². The summed E-state index contributed by atoms with van der Waals surface area (Å²) in [5, 5.41) is 48.8. The Labute approximate surface area is 152 Å². The molecular weight excluding hydrogens is 340 g/mol. The van der Waals surface area contributed by atoms with Gasteiger partial charge in [-0.1, -0.05) is 0 Å². The number of nitrogens with zero attached hydrogens (tertiary/aromatic N) is 4. The zero-order valence-electron chi connectivity index (χ0n) is 15.2. The molecule has 0 aromatic heterocycles. The number of carbonyl (C=O) groups excluding carboxylic acids is 2. The highest BCUT2D eigenvalue weighted by Gasteiger charge is 2.29. The molecule has 0 radical (unpaired) electrons. The molecular formula is C16H26N6O4. The second-order valence-corrected chi connectivity index (χ2v) is 6.12. The zero-order chi connectivity index (χ0) is 20.1. The van der Waals surface area contributed by atoms with Crippen LogP contribution in [0.5, 0.6) is 0 Å². The average molecular weight is 366 g/mol. The molecule has 0 aliphatic rings. The SMILES string of the molecule is CC(C#N)(CCC(=O)NCCO)N=NC(C)(C#N)CCC(=O)NCCO. The molecule has 0 fully saturated rings. The van der Waals surface area contributed by atoms with Crippen LogP contribution in [0.3, 0.4) is 0 Å². The number of nitriles is 2. The lowest BCUT2D eigenvalue weighted by Gasteiger charge is -2.19. The summed E-state index contributed by atoms with van der Waals surface area (Å²) in [5.74, 6) is -0.640. The van der Waals surface area contributed by atoms with Crippen molar-refractivity contribution in [2.45, 2.75) is 50.6 Å². The van der Waals surface area contributed by atoms with Crippen LogP contribution in [0, 0.1) is 22.7 Å². The number of hydrogen-bond acceptors (Lipinski definition) is 8. The van der Waals surface area contributed by atoms with Gasteiger partial charge in [0.25, 0.3) is 0 Å². The molecule has 10 nitrogen and oxygen atoms in total. The molecule has 4 N–H and O–H groups in total. The Morgan fingerprint density at radius 1 is 0.885 bits per heavy atom. The summed E-state index contributed by atoms with van der Waals surface area (Å²) in [6, 6.07) is 3.95. The van der Waals surface area contributed by atoms with E-state index in [2.05, 4.69) is 20.9 Å². The minimum atomic E-state index is -1.28. The molecule has 0 saturated heterocycles. The fourth-order valence-electron chi connectivity index (χ4n) is 1.76. The van der Waals surface area contributed by atoms with Crippen LogP contribution < -0.4 is 10.6 Å². The van der Waals surface area contributed by atoms with Crippen LogP contribution in [-0.4, -0.2) is 59.4 Å². The Kier molecular flexibility index (Phi) is 10.7. The smallest absolute Gasteiger partial charge is 0.220 e. The van der Waals surface area contributed by atoms with E-state index in [4.69, 9.17) is 10.2 Å². The van der Waals surface area contributed by atoms with Crippen LogP contribution in [-0.2, 0) is 9.59 Å². The van der Waals surface area contributed by atoms with Gasteiger partial charge >= 0.3 is 0 Å². The first-order valence-electron chi connectivity index (χ1n) is 8.26. The monoisotopic (exact) mass is 366 g/mol. The van der Waals surface area contributed by atoms with Gasteiger partial charge in [0.05, 0.1) is 25.4 Å². The van der Waals surface area contributed by atoms with Crippen molar-refractivity contribution in [1.82, 2.24) is 10.6 Å². The van der Waals surface area contributed by atoms with E-state index in [0.29, 0.717) is 0 Å². The van der Waals surface area contributed by atoms with Gasteiger partial charge in [-0.2, -0.15) is 20.8 Å². The molecule has 144 valence electrons. The second kappa shape index (κ2) is 11.9. The molecule has 10 heteroatoms. The topological polar surface area (TPSA) is 171 Å². The fraction of sp³-hybridized carbons (Fsp3) is 0.750. The van der Waals surface area contributed by atoms with Crippen LogP contribution in [0.4, 0.5) is 0 Å². The van der Waals surface area contributed by atoms with Gasteiger partial charge in [0.1, 0.15) is 0 Å². The summed E-state index contributed by atoms with van der Waals surface area (Å²) in [6.45, 7) is 2.92. The van der Waals surface area contributed by atoms with Crippen molar-refractivity contribution in [2.24, 2.45) is 10.2 Å². The van der Waals surface area contributed by atoms with Gasteiger partial charge in [0.2, 0.25) is 11.8 Å². The third kappa shape index (κ3) is 9.67. The van der Waals surface area contributed by atoms with Crippen molar-refractivity contribution in [3.8, 4) is 12.1 Å². The number of nitrogens with one attached hydrogen (secondary N) is 2. The van der Waals surface area contributed by atoms with Gasteiger partial charge < -0.3 is 20.8 Å². The Balaban J connectivity index is 4.79. The van der Waals surface area contributed by atoms with E-state index in [-0.39, 0.29) is 63.8 Å². The highest BCUT2D eigenvalue weighted by atomic mass is 16.3. The molecule has 0 saturated carbocycles. The molecule has 0 aromatic carbocycles. The van der Waals surface area contributed by atoms with Crippen LogP contribution in [0.25, 0.3) is 0 Å². The summed E-state index contributed by atoms with van der Waals surface area (Å²) in [4.78, 5) is 23.1. The predicted octanol–water partition coefficient (Wildman–Crippen LogP) is -0.219.